The van der Waals surface area contributed by atoms with Crippen molar-refractivity contribution in [2.45, 2.75) is 25.4 Å². The first kappa shape index (κ1) is 8.12. The Morgan fingerprint density at radius 2 is 1.71 bits per heavy atom. The largest absolute Gasteiger partial charge is 0.372 e. The van der Waals surface area contributed by atoms with Gasteiger partial charge in [-0.2, -0.15) is 0 Å². The van der Waals surface area contributed by atoms with Gasteiger partial charge in [-0.05, 0) is 42.9 Å². The first-order valence-electron chi connectivity index (χ1n) is 6.24. The fraction of sp³-hybridized carbons (Fsp3) is 1.00. The van der Waals surface area contributed by atoms with Crippen LogP contribution in [0.2, 0.25) is 0 Å². The van der Waals surface area contributed by atoms with Gasteiger partial charge in [-0.15, -0.1) is 0 Å². The zero-order valence-electron chi connectivity index (χ0n) is 8.69. The summed E-state index contributed by atoms with van der Waals surface area (Å²) in [6.07, 6.45) is 5.26. The minimum atomic E-state index is 0.603. The van der Waals surface area contributed by atoms with Crippen molar-refractivity contribution < 1.29 is 4.74 Å². The molecule has 4 fully saturated rings. The minimum Gasteiger partial charge on any atom is -0.372 e. The van der Waals surface area contributed by atoms with Crippen molar-refractivity contribution in [2.24, 2.45) is 23.7 Å². The van der Waals surface area contributed by atoms with Crippen molar-refractivity contribution in [1.29, 1.82) is 0 Å². The van der Waals surface area contributed by atoms with Crippen LogP contribution in [0, 0.1) is 23.7 Å². The molecule has 0 aromatic carbocycles. The topological polar surface area (TPSA) is 15.8 Å². The van der Waals surface area contributed by atoms with Gasteiger partial charge >= 0.3 is 0 Å². The summed E-state index contributed by atoms with van der Waals surface area (Å²) >= 11 is 0. The highest BCUT2D eigenvalue weighted by Crippen LogP contribution is 2.55. The Morgan fingerprint density at radius 3 is 2.29 bits per heavy atom. The van der Waals surface area contributed by atoms with Crippen LogP contribution in [0.15, 0.2) is 0 Å². The molecule has 78 valence electrons. The van der Waals surface area contributed by atoms with E-state index in [1.54, 1.807) is 19.3 Å². The quantitative estimate of drug-likeness (QED) is 0.615. The minimum absolute atomic E-state index is 0.603. The molecule has 2 heterocycles. The molecule has 0 radical (unpaired) electrons. The lowest BCUT2D eigenvalue weighted by molar-refractivity contribution is 0.259. The van der Waals surface area contributed by atoms with Gasteiger partial charge in [0.15, 0.2) is 0 Å². The van der Waals surface area contributed by atoms with Crippen LogP contribution in [0.5, 0.6) is 0 Å². The number of hydrogen-bond acceptors (Lipinski definition) is 2. The zero-order chi connectivity index (χ0) is 9.12. The fourth-order valence-electron chi connectivity index (χ4n) is 4.38. The van der Waals surface area contributed by atoms with E-state index in [4.69, 9.17) is 4.74 Å². The van der Waals surface area contributed by atoms with E-state index in [1.165, 1.54) is 19.6 Å². The Bertz CT molecular complexity index is 233. The molecular formula is C12H19NO. The molecule has 14 heavy (non-hydrogen) atoms. The first-order valence-corrected chi connectivity index (χ1v) is 6.24. The summed E-state index contributed by atoms with van der Waals surface area (Å²) in [6, 6.07) is 0. The summed E-state index contributed by atoms with van der Waals surface area (Å²) in [6.45, 7) is 5.04. The van der Waals surface area contributed by atoms with E-state index in [2.05, 4.69) is 4.90 Å². The molecule has 0 aromatic rings. The Labute approximate surface area is 85.6 Å². The van der Waals surface area contributed by atoms with Gasteiger partial charge in [0.1, 0.15) is 0 Å². The third-order valence-corrected chi connectivity index (χ3v) is 5.08. The van der Waals surface area contributed by atoms with Crippen molar-refractivity contribution in [3.8, 4) is 0 Å². The molecular weight excluding hydrogens is 174 g/mol. The van der Waals surface area contributed by atoms with Crippen LogP contribution < -0.4 is 0 Å². The molecule has 0 N–H and O–H groups in total. The number of nitrogens with zero attached hydrogens (tertiary/aromatic N) is 1. The summed E-state index contributed by atoms with van der Waals surface area (Å²) in [5.74, 6) is 4.37. The molecule has 2 nitrogen and oxygen atoms in total. The van der Waals surface area contributed by atoms with Gasteiger partial charge in [0.2, 0.25) is 0 Å². The highest BCUT2D eigenvalue weighted by atomic mass is 16.6. The maximum atomic E-state index is 5.32. The summed E-state index contributed by atoms with van der Waals surface area (Å²) in [5.41, 5.74) is 0. The summed E-state index contributed by atoms with van der Waals surface area (Å²) in [4.78, 5) is 2.68. The number of fused-ring (bicyclic) bond motifs is 5. The number of epoxide rings is 1. The van der Waals surface area contributed by atoms with E-state index in [0.29, 0.717) is 6.10 Å². The number of likely N-dealkylation sites (tertiary alicyclic amines) is 1. The maximum Gasteiger partial charge on any atom is 0.0936 e. The van der Waals surface area contributed by atoms with Crippen LogP contribution >= 0.6 is 0 Å². The van der Waals surface area contributed by atoms with Gasteiger partial charge in [-0.25, -0.2) is 0 Å². The van der Waals surface area contributed by atoms with Crippen LogP contribution in [0.1, 0.15) is 19.3 Å². The van der Waals surface area contributed by atoms with Crippen LogP contribution in [-0.2, 0) is 4.74 Å². The molecule has 2 heteroatoms. The lowest BCUT2D eigenvalue weighted by Gasteiger charge is -2.22. The number of ether oxygens (including phenoxy) is 1. The Balaban J connectivity index is 1.46. The van der Waals surface area contributed by atoms with Crippen LogP contribution in [0.25, 0.3) is 0 Å². The maximum absolute atomic E-state index is 5.32. The lowest BCUT2D eigenvalue weighted by atomic mass is 9.82. The summed E-state index contributed by atoms with van der Waals surface area (Å²) in [7, 11) is 0. The second-order valence-corrected chi connectivity index (χ2v) is 5.83. The normalized spacial score (nSPS) is 55.3. The SMILES string of the molecule is C1CC2CC1C1CN(C[C@@H]3CO3)CC21. The van der Waals surface area contributed by atoms with Crippen molar-refractivity contribution in [3.63, 3.8) is 0 Å². The summed E-state index contributed by atoms with van der Waals surface area (Å²) in [5, 5.41) is 0. The van der Waals surface area contributed by atoms with Gasteiger partial charge in [0.05, 0.1) is 12.7 Å². The molecule has 2 aliphatic heterocycles. The predicted octanol–water partition coefficient (Wildman–Crippen LogP) is 1.36. The monoisotopic (exact) mass is 193 g/mol. The molecule has 2 bridgehead atoms. The molecule has 4 unspecified atom stereocenters. The predicted molar refractivity (Wildman–Crippen MR) is 54.0 cm³/mol. The third kappa shape index (κ3) is 1.10. The van der Waals surface area contributed by atoms with Crippen molar-refractivity contribution >= 4 is 0 Å². The Kier molecular flexibility index (Phi) is 1.58. The molecule has 0 spiro atoms. The highest BCUT2D eigenvalue weighted by molar-refractivity contribution is 5.02. The fourth-order valence-corrected chi connectivity index (χ4v) is 4.38. The van der Waals surface area contributed by atoms with E-state index >= 15 is 0 Å². The smallest absolute Gasteiger partial charge is 0.0936 e. The second-order valence-electron chi connectivity index (χ2n) is 5.83. The van der Waals surface area contributed by atoms with Gasteiger partial charge in [-0.1, -0.05) is 0 Å². The average molecular weight is 193 g/mol. The summed E-state index contributed by atoms with van der Waals surface area (Å²) < 4.78 is 5.32. The molecule has 2 aliphatic carbocycles. The van der Waals surface area contributed by atoms with Crippen LogP contribution in [0.4, 0.5) is 0 Å². The number of rotatable bonds is 2. The second kappa shape index (κ2) is 2.73. The molecule has 4 rings (SSSR count). The molecule has 0 amide bonds. The van der Waals surface area contributed by atoms with E-state index in [9.17, 15) is 0 Å². The Morgan fingerprint density at radius 1 is 1.07 bits per heavy atom. The van der Waals surface area contributed by atoms with Gasteiger partial charge in [-0.3, -0.25) is 0 Å². The zero-order valence-corrected chi connectivity index (χ0v) is 8.69. The van der Waals surface area contributed by atoms with Gasteiger partial charge in [0.25, 0.3) is 0 Å². The van der Waals surface area contributed by atoms with Crippen molar-refractivity contribution in [2.75, 3.05) is 26.2 Å². The molecule has 2 saturated heterocycles. The lowest BCUT2D eigenvalue weighted by Crippen LogP contribution is -2.27. The molecule has 4 aliphatic rings. The van der Waals surface area contributed by atoms with Gasteiger partial charge in [0, 0.05) is 19.6 Å². The van der Waals surface area contributed by atoms with E-state index in [-0.39, 0.29) is 0 Å². The van der Waals surface area contributed by atoms with E-state index in [1.807, 2.05) is 0 Å². The molecule has 0 aromatic heterocycles. The van der Waals surface area contributed by atoms with Crippen molar-refractivity contribution in [1.82, 2.24) is 4.90 Å². The van der Waals surface area contributed by atoms with Crippen molar-refractivity contribution in [3.05, 3.63) is 0 Å². The van der Waals surface area contributed by atoms with Crippen LogP contribution in [0.3, 0.4) is 0 Å². The average Bonchev–Trinajstić information content (AvgIpc) is 2.65. The van der Waals surface area contributed by atoms with E-state index < -0.39 is 0 Å². The standard InChI is InChI=1S/C12H19NO/c1-2-9-3-8(1)11-5-13(6-12(9)11)4-10-7-14-10/h8-12H,1-7H2/t8?,9?,10-,11?,12?/m1/s1. The number of hydrogen-bond donors (Lipinski definition) is 0. The molecule has 5 atom stereocenters. The van der Waals surface area contributed by atoms with E-state index in [0.717, 1.165) is 30.3 Å². The Hall–Kier alpha value is -0.0800. The molecule has 2 saturated carbocycles. The van der Waals surface area contributed by atoms with Crippen LogP contribution in [-0.4, -0.2) is 37.2 Å². The van der Waals surface area contributed by atoms with Gasteiger partial charge < -0.3 is 9.64 Å². The highest BCUT2D eigenvalue weighted by Gasteiger charge is 2.51. The first-order chi connectivity index (χ1) is 6.90. The third-order valence-electron chi connectivity index (χ3n) is 5.08.